The highest BCUT2D eigenvalue weighted by molar-refractivity contribution is 5.70. The van der Waals surface area contributed by atoms with Crippen LogP contribution in [0.15, 0.2) is 0 Å². The summed E-state index contributed by atoms with van der Waals surface area (Å²) in [5, 5.41) is 0. The topological polar surface area (TPSA) is 52.3 Å². The molecule has 2 fully saturated rings. The Labute approximate surface area is 123 Å². The molecule has 0 aromatic rings. The van der Waals surface area contributed by atoms with Gasteiger partial charge in [-0.3, -0.25) is 4.79 Å². The van der Waals surface area contributed by atoms with Crippen molar-refractivity contribution in [2.24, 2.45) is 23.0 Å². The van der Waals surface area contributed by atoms with Crippen LogP contribution in [0, 0.1) is 17.3 Å². The van der Waals surface area contributed by atoms with Crippen molar-refractivity contribution in [3.8, 4) is 0 Å². The van der Waals surface area contributed by atoms with E-state index in [0.717, 1.165) is 31.6 Å². The zero-order valence-electron chi connectivity index (χ0n) is 13.2. The zero-order chi connectivity index (χ0) is 14.6. The maximum absolute atomic E-state index is 12.3. The van der Waals surface area contributed by atoms with Gasteiger partial charge >= 0.3 is 5.97 Å². The van der Waals surface area contributed by atoms with Crippen LogP contribution in [0.4, 0.5) is 0 Å². The van der Waals surface area contributed by atoms with Gasteiger partial charge in [-0.15, -0.1) is 0 Å². The molecule has 2 aliphatic rings. The molecule has 0 aromatic heterocycles. The molecule has 20 heavy (non-hydrogen) atoms. The van der Waals surface area contributed by atoms with Gasteiger partial charge < -0.3 is 10.5 Å². The molecule has 116 valence electrons. The molecule has 0 bridgehead atoms. The van der Waals surface area contributed by atoms with Gasteiger partial charge in [0.1, 0.15) is 6.10 Å². The standard InChI is InChI=1S/C17H31NO2/c1-13-6-7-15(10-14(13)2)20-16(19)11-17(12-18)8-4-3-5-9-17/h13-15H,3-12,18H2,1-2H3. The third kappa shape index (κ3) is 3.97. The van der Waals surface area contributed by atoms with Crippen LogP contribution >= 0.6 is 0 Å². The summed E-state index contributed by atoms with van der Waals surface area (Å²) < 4.78 is 5.75. The fourth-order valence-corrected chi connectivity index (χ4v) is 3.89. The number of carbonyl (C=O) groups is 1. The summed E-state index contributed by atoms with van der Waals surface area (Å²) in [6.07, 6.45) is 9.82. The van der Waals surface area contributed by atoms with Crippen molar-refractivity contribution in [3.63, 3.8) is 0 Å². The monoisotopic (exact) mass is 281 g/mol. The lowest BCUT2D eigenvalue weighted by Gasteiger charge is -2.36. The van der Waals surface area contributed by atoms with Crippen molar-refractivity contribution in [2.75, 3.05) is 6.54 Å². The van der Waals surface area contributed by atoms with E-state index in [1.807, 2.05) is 0 Å². The Kier molecular flexibility index (Phi) is 5.48. The lowest BCUT2D eigenvalue weighted by Crippen LogP contribution is -2.37. The molecule has 0 saturated heterocycles. The molecule has 2 saturated carbocycles. The van der Waals surface area contributed by atoms with Crippen molar-refractivity contribution >= 4 is 5.97 Å². The van der Waals surface area contributed by atoms with Gasteiger partial charge in [-0.05, 0) is 55.9 Å². The van der Waals surface area contributed by atoms with E-state index in [1.165, 1.54) is 25.7 Å². The molecule has 2 N–H and O–H groups in total. The van der Waals surface area contributed by atoms with Crippen LogP contribution in [-0.2, 0) is 9.53 Å². The van der Waals surface area contributed by atoms with Crippen molar-refractivity contribution in [1.82, 2.24) is 0 Å². The molecule has 2 aliphatic carbocycles. The Morgan fingerprint density at radius 1 is 1.15 bits per heavy atom. The number of carbonyl (C=O) groups excluding carboxylic acids is 1. The van der Waals surface area contributed by atoms with E-state index >= 15 is 0 Å². The van der Waals surface area contributed by atoms with E-state index in [9.17, 15) is 4.79 Å². The van der Waals surface area contributed by atoms with E-state index in [4.69, 9.17) is 10.5 Å². The van der Waals surface area contributed by atoms with Crippen LogP contribution in [-0.4, -0.2) is 18.6 Å². The number of hydrogen-bond acceptors (Lipinski definition) is 3. The van der Waals surface area contributed by atoms with Crippen LogP contribution in [0.2, 0.25) is 0 Å². The highest BCUT2D eigenvalue weighted by Gasteiger charge is 2.35. The van der Waals surface area contributed by atoms with Crippen LogP contribution in [0.1, 0.15) is 71.6 Å². The van der Waals surface area contributed by atoms with Crippen LogP contribution < -0.4 is 5.73 Å². The largest absolute Gasteiger partial charge is 0.462 e. The number of rotatable bonds is 4. The van der Waals surface area contributed by atoms with Crippen molar-refractivity contribution < 1.29 is 9.53 Å². The highest BCUT2D eigenvalue weighted by Crippen LogP contribution is 2.39. The summed E-state index contributed by atoms with van der Waals surface area (Å²) in [5.74, 6) is 1.42. The molecule has 0 amide bonds. The predicted molar refractivity (Wildman–Crippen MR) is 81.2 cm³/mol. The normalized spacial score (nSPS) is 33.6. The van der Waals surface area contributed by atoms with E-state index in [1.54, 1.807) is 0 Å². The Morgan fingerprint density at radius 3 is 2.45 bits per heavy atom. The minimum absolute atomic E-state index is 0.0101. The van der Waals surface area contributed by atoms with Crippen LogP contribution in [0.3, 0.4) is 0 Å². The van der Waals surface area contributed by atoms with E-state index in [-0.39, 0.29) is 17.5 Å². The molecule has 0 aromatic carbocycles. The van der Waals surface area contributed by atoms with Crippen molar-refractivity contribution in [1.29, 1.82) is 0 Å². The van der Waals surface area contributed by atoms with E-state index < -0.39 is 0 Å². The first-order valence-corrected chi connectivity index (χ1v) is 8.44. The first-order chi connectivity index (χ1) is 9.54. The lowest BCUT2D eigenvalue weighted by atomic mass is 9.72. The third-order valence-corrected chi connectivity index (χ3v) is 5.71. The molecule has 3 atom stereocenters. The Balaban J connectivity index is 1.82. The Hall–Kier alpha value is -0.570. The molecule has 3 unspecified atom stereocenters. The Morgan fingerprint density at radius 2 is 1.85 bits per heavy atom. The van der Waals surface area contributed by atoms with Gasteiger partial charge in [0.2, 0.25) is 0 Å². The van der Waals surface area contributed by atoms with Gasteiger partial charge in [0.15, 0.2) is 0 Å². The van der Waals surface area contributed by atoms with Gasteiger partial charge in [-0.1, -0.05) is 33.1 Å². The molecular weight excluding hydrogens is 250 g/mol. The Bertz CT molecular complexity index is 323. The average Bonchev–Trinajstić information content (AvgIpc) is 2.44. The molecule has 2 rings (SSSR count). The number of ether oxygens (including phenoxy) is 1. The second-order valence-corrected chi connectivity index (χ2v) is 7.32. The first kappa shape index (κ1) is 15.8. The highest BCUT2D eigenvalue weighted by atomic mass is 16.5. The smallest absolute Gasteiger partial charge is 0.306 e. The lowest BCUT2D eigenvalue weighted by molar-refractivity contribution is -0.155. The maximum Gasteiger partial charge on any atom is 0.306 e. The van der Waals surface area contributed by atoms with Gasteiger partial charge in [0, 0.05) is 0 Å². The fourth-order valence-electron chi connectivity index (χ4n) is 3.89. The molecule has 0 spiro atoms. The second kappa shape index (κ2) is 6.93. The molecule has 3 nitrogen and oxygen atoms in total. The summed E-state index contributed by atoms with van der Waals surface area (Å²) in [5.41, 5.74) is 5.98. The maximum atomic E-state index is 12.3. The summed E-state index contributed by atoms with van der Waals surface area (Å²) in [4.78, 5) is 12.3. The van der Waals surface area contributed by atoms with Crippen molar-refractivity contribution in [3.05, 3.63) is 0 Å². The SMILES string of the molecule is CC1CCC(OC(=O)CC2(CN)CCCCC2)CC1C. The van der Waals surface area contributed by atoms with Gasteiger partial charge in [0.25, 0.3) is 0 Å². The molecule has 0 radical (unpaired) electrons. The summed E-state index contributed by atoms with van der Waals surface area (Å²) in [7, 11) is 0. The number of nitrogens with two attached hydrogens (primary N) is 1. The number of hydrogen-bond donors (Lipinski definition) is 1. The van der Waals surface area contributed by atoms with Gasteiger partial charge in [0.05, 0.1) is 6.42 Å². The average molecular weight is 281 g/mol. The second-order valence-electron chi connectivity index (χ2n) is 7.32. The minimum atomic E-state index is -0.0101. The summed E-state index contributed by atoms with van der Waals surface area (Å²) in [6.45, 7) is 5.20. The molecular formula is C17H31NO2. The third-order valence-electron chi connectivity index (χ3n) is 5.71. The minimum Gasteiger partial charge on any atom is -0.462 e. The van der Waals surface area contributed by atoms with Crippen molar-refractivity contribution in [2.45, 2.75) is 77.7 Å². The number of esters is 1. The predicted octanol–water partition coefficient (Wildman–Crippen LogP) is 3.65. The zero-order valence-corrected chi connectivity index (χ0v) is 13.2. The van der Waals surface area contributed by atoms with E-state index in [2.05, 4.69) is 13.8 Å². The fraction of sp³-hybridized carbons (Fsp3) is 0.941. The summed E-state index contributed by atoms with van der Waals surface area (Å²) >= 11 is 0. The quantitative estimate of drug-likeness (QED) is 0.800. The van der Waals surface area contributed by atoms with Gasteiger partial charge in [-0.25, -0.2) is 0 Å². The van der Waals surface area contributed by atoms with Crippen LogP contribution in [0.25, 0.3) is 0 Å². The summed E-state index contributed by atoms with van der Waals surface area (Å²) in [6, 6.07) is 0. The van der Waals surface area contributed by atoms with Gasteiger partial charge in [-0.2, -0.15) is 0 Å². The first-order valence-electron chi connectivity index (χ1n) is 8.44. The molecule has 0 heterocycles. The van der Waals surface area contributed by atoms with Crippen LogP contribution in [0.5, 0.6) is 0 Å². The molecule has 0 aliphatic heterocycles. The van der Waals surface area contributed by atoms with E-state index in [0.29, 0.717) is 18.9 Å². The molecule has 3 heteroatoms.